The monoisotopic (exact) mass is 357 g/mol. The number of anilines is 1. The molecular formula is C17H16BrN3O. The summed E-state index contributed by atoms with van der Waals surface area (Å²) in [6.45, 7) is 0.738. The first-order chi connectivity index (χ1) is 10.7. The average molecular weight is 358 g/mol. The number of benzene rings is 2. The highest BCUT2D eigenvalue weighted by molar-refractivity contribution is 9.10. The maximum absolute atomic E-state index is 11.8. The third-order valence-electron chi connectivity index (χ3n) is 3.67. The molecule has 5 heteroatoms. The quantitative estimate of drug-likeness (QED) is 0.778. The van der Waals surface area contributed by atoms with Crippen LogP contribution < -0.4 is 10.9 Å². The highest BCUT2D eigenvalue weighted by atomic mass is 79.9. The van der Waals surface area contributed by atoms with Gasteiger partial charge in [-0.2, -0.15) is 5.10 Å². The number of nitrogens with one attached hydrogen (secondary N) is 1. The van der Waals surface area contributed by atoms with Gasteiger partial charge in [0.15, 0.2) is 0 Å². The topological polar surface area (TPSA) is 46.9 Å². The third-order valence-corrected chi connectivity index (χ3v) is 4.43. The molecule has 0 unspecified atom stereocenters. The number of hydrogen-bond acceptors (Lipinski definition) is 3. The number of hydrogen-bond donors (Lipinski definition) is 1. The van der Waals surface area contributed by atoms with Crippen molar-refractivity contribution in [3.05, 3.63) is 69.1 Å². The molecule has 0 aliphatic rings. The molecular weight excluding hydrogens is 342 g/mol. The molecule has 0 saturated carbocycles. The summed E-state index contributed by atoms with van der Waals surface area (Å²) in [6.07, 6.45) is 2.54. The maximum atomic E-state index is 11.8. The lowest BCUT2D eigenvalue weighted by Gasteiger charge is -2.10. The number of nitrogens with zero attached hydrogens (tertiary/aromatic N) is 2. The Bertz CT molecular complexity index is 868. The van der Waals surface area contributed by atoms with Gasteiger partial charge in [0.1, 0.15) is 4.47 Å². The molecule has 112 valence electrons. The minimum atomic E-state index is -0.143. The van der Waals surface area contributed by atoms with Crippen molar-refractivity contribution in [1.29, 1.82) is 0 Å². The van der Waals surface area contributed by atoms with Crippen LogP contribution in [0.3, 0.4) is 0 Å². The lowest BCUT2D eigenvalue weighted by Crippen LogP contribution is -2.21. The molecule has 0 aliphatic heterocycles. The summed E-state index contributed by atoms with van der Waals surface area (Å²) < 4.78 is 1.82. The van der Waals surface area contributed by atoms with Crippen molar-refractivity contribution in [2.24, 2.45) is 7.05 Å². The van der Waals surface area contributed by atoms with Crippen LogP contribution in [0.4, 0.5) is 5.69 Å². The number of aromatic nitrogens is 2. The van der Waals surface area contributed by atoms with Crippen LogP contribution in [0.1, 0.15) is 5.56 Å². The molecule has 2 aromatic carbocycles. The number of rotatable bonds is 4. The van der Waals surface area contributed by atoms with Crippen molar-refractivity contribution >= 4 is 32.4 Å². The molecule has 0 amide bonds. The molecule has 0 saturated heterocycles. The van der Waals surface area contributed by atoms with E-state index >= 15 is 0 Å². The van der Waals surface area contributed by atoms with E-state index in [1.165, 1.54) is 21.0 Å². The Morgan fingerprint density at radius 2 is 1.95 bits per heavy atom. The predicted octanol–water partition coefficient (Wildman–Crippen LogP) is 3.35. The molecule has 1 heterocycles. The van der Waals surface area contributed by atoms with E-state index in [1.807, 2.05) is 6.07 Å². The second-order valence-electron chi connectivity index (χ2n) is 5.12. The first kappa shape index (κ1) is 14.8. The molecule has 0 spiro atoms. The standard InChI is InChI=1S/C17H16BrN3O/c1-21-17(22)16(18)15(11-20-21)19-10-9-13-7-4-6-12-5-2-3-8-14(12)13/h2-8,11,19H,9-10H2,1H3. The second-order valence-corrected chi connectivity index (χ2v) is 5.91. The molecule has 22 heavy (non-hydrogen) atoms. The predicted molar refractivity (Wildman–Crippen MR) is 93.3 cm³/mol. The van der Waals surface area contributed by atoms with Crippen LogP contribution in [0.15, 0.2) is 57.9 Å². The first-order valence-corrected chi connectivity index (χ1v) is 7.88. The molecule has 0 bridgehead atoms. The highest BCUT2D eigenvalue weighted by Gasteiger charge is 2.06. The van der Waals surface area contributed by atoms with E-state index in [9.17, 15) is 4.79 Å². The fourth-order valence-electron chi connectivity index (χ4n) is 2.48. The average Bonchev–Trinajstić information content (AvgIpc) is 2.55. The molecule has 0 radical (unpaired) electrons. The smallest absolute Gasteiger partial charge is 0.282 e. The summed E-state index contributed by atoms with van der Waals surface area (Å²) in [4.78, 5) is 11.8. The zero-order valence-electron chi connectivity index (χ0n) is 12.2. The molecule has 3 aromatic rings. The van der Waals surface area contributed by atoms with Crippen molar-refractivity contribution in [2.75, 3.05) is 11.9 Å². The van der Waals surface area contributed by atoms with Gasteiger partial charge in [-0.05, 0) is 38.7 Å². The van der Waals surface area contributed by atoms with E-state index in [1.54, 1.807) is 13.2 Å². The van der Waals surface area contributed by atoms with Gasteiger partial charge in [-0.15, -0.1) is 0 Å². The van der Waals surface area contributed by atoms with E-state index in [0.29, 0.717) is 4.47 Å². The Balaban J connectivity index is 1.76. The molecule has 1 aromatic heterocycles. The Hall–Kier alpha value is -2.14. The Morgan fingerprint density at radius 3 is 2.82 bits per heavy atom. The molecule has 0 aliphatic carbocycles. The SMILES string of the molecule is Cn1ncc(NCCc2cccc3ccccc23)c(Br)c1=O. The van der Waals surface area contributed by atoms with Gasteiger partial charge in [-0.1, -0.05) is 42.5 Å². The van der Waals surface area contributed by atoms with Crippen molar-refractivity contribution in [3.63, 3.8) is 0 Å². The summed E-state index contributed by atoms with van der Waals surface area (Å²) in [5.41, 5.74) is 1.87. The van der Waals surface area contributed by atoms with Gasteiger partial charge in [-0.25, -0.2) is 4.68 Å². The van der Waals surface area contributed by atoms with Gasteiger partial charge in [-0.3, -0.25) is 4.79 Å². The summed E-state index contributed by atoms with van der Waals surface area (Å²) in [7, 11) is 1.63. The van der Waals surface area contributed by atoms with E-state index in [-0.39, 0.29) is 5.56 Å². The summed E-state index contributed by atoms with van der Waals surface area (Å²) in [5.74, 6) is 0. The summed E-state index contributed by atoms with van der Waals surface area (Å²) >= 11 is 3.32. The van der Waals surface area contributed by atoms with E-state index in [0.717, 1.165) is 18.7 Å². The van der Waals surface area contributed by atoms with Crippen LogP contribution in [-0.4, -0.2) is 16.3 Å². The minimum Gasteiger partial charge on any atom is -0.382 e. The van der Waals surface area contributed by atoms with E-state index in [4.69, 9.17) is 0 Å². The van der Waals surface area contributed by atoms with Crippen molar-refractivity contribution in [1.82, 2.24) is 9.78 Å². The minimum absolute atomic E-state index is 0.143. The van der Waals surface area contributed by atoms with Gasteiger partial charge in [0.2, 0.25) is 0 Å². The lowest BCUT2D eigenvalue weighted by molar-refractivity contribution is 0.703. The van der Waals surface area contributed by atoms with Gasteiger partial charge < -0.3 is 5.32 Å². The van der Waals surface area contributed by atoms with E-state index in [2.05, 4.69) is 62.7 Å². The Labute approximate surface area is 136 Å². The maximum Gasteiger partial charge on any atom is 0.282 e. The van der Waals surface area contributed by atoms with Crippen molar-refractivity contribution in [3.8, 4) is 0 Å². The number of aryl methyl sites for hydroxylation is 1. The first-order valence-electron chi connectivity index (χ1n) is 7.09. The molecule has 1 N–H and O–H groups in total. The summed E-state index contributed by atoms with van der Waals surface area (Å²) in [5, 5.41) is 9.82. The zero-order valence-corrected chi connectivity index (χ0v) is 13.8. The van der Waals surface area contributed by atoms with Gasteiger partial charge in [0.05, 0.1) is 11.9 Å². The fourth-order valence-corrected chi connectivity index (χ4v) is 2.98. The van der Waals surface area contributed by atoms with Crippen molar-refractivity contribution < 1.29 is 0 Å². The normalized spacial score (nSPS) is 10.8. The number of halogens is 1. The van der Waals surface area contributed by atoms with Gasteiger partial charge in [0, 0.05) is 13.6 Å². The Kier molecular flexibility index (Phi) is 4.24. The summed E-state index contributed by atoms with van der Waals surface area (Å²) in [6, 6.07) is 14.7. The third kappa shape index (κ3) is 2.90. The molecule has 4 nitrogen and oxygen atoms in total. The van der Waals surface area contributed by atoms with Crippen molar-refractivity contribution in [2.45, 2.75) is 6.42 Å². The largest absolute Gasteiger partial charge is 0.382 e. The van der Waals surface area contributed by atoms with Crippen LogP contribution >= 0.6 is 15.9 Å². The highest BCUT2D eigenvalue weighted by Crippen LogP contribution is 2.20. The van der Waals surface area contributed by atoms with Gasteiger partial charge in [0.25, 0.3) is 5.56 Å². The molecule has 0 atom stereocenters. The lowest BCUT2D eigenvalue weighted by atomic mass is 10.0. The van der Waals surface area contributed by atoms with Crippen LogP contribution in [0.25, 0.3) is 10.8 Å². The second kappa shape index (κ2) is 6.32. The molecule has 0 fully saturated rings. The van der Waals surface area contributed by atoms with Crippen LogP contribution in [0, 0.1) is 0 Å². The van der Waals surface area contributed by atoms with E-state index < -0.39 is 0 Å². The fraction of sp³-hybridized carbons (Fsp3) is 0.176. The van der Waals surface area contributed by atoms with Crippen LogP contribution in [0.5, 0.6) is 0 Å². The Morgan fingerprint density at radius 1 is 1.18 bits per heavy atom. The molecule has 3 rings (SSSR count). The van der Waals surface area contributed by atoms with Gasteiger partial charge >= 0.3 is 0 Å². The number of fused-ring (bicyclic) bond motifs is 1. The zero-order chi connectivity index (χ0) is 15.5. The van der Waals surface area contributed by atoms with Crippen LogP contribution in [0.2, 0.25) is 0 Å². The van der Waals surface area contributed by atoms with Crippen LogP contribution in [-0.2, 0) is 13.5 Å².